The van der Waals surface area contributed by atoms with Crippen LogP contribution in [-0.4, -0.2) is 10.4 Å². The first-order chi connectivity index (χ1) is 5.65. The van der Waals surface area contributed by atoms with E-state index in [-0.39, 0.29) is 10.7 Å². The van der Waals surface area contributed by atoms with Gasteiger partial charge in [-0.2, -0.15) is 0 Å². The van der Waals surface area contributed by atoms with Crippen LogP contribution in [0.15, 0.2) is 27.8 Å². The number of nitrogens with zero attached hydrogens (tertiary/aromatic N) is 1. The summed E-state index contributed by atoms with van der Waals surface area (Å²) in [5.41, 5.74) is 0.0635. The zero-order chi connectivity index (χ0) is 9.14. The molecule has 0 aliphatic carbocycles. The quantitative estimate of drug-likeness (QED) is 0.465. The highest BCUT2D eigenvalue weighted by Crippen LogP contribution is 2.17. The third-order valence-electron chi connectivity index (χ3n) is 1.24. The lowest BCUT2D eigenvalue weighted by molar-refractivity contribution is 0.320. The standard InChI is InChI=1S/C7H4BrClFNO/c8-4-1-2-6(10)5(3-4)7(9)11-12/h1-3,12H. The summed E-state index contributed by atoms with van der Waals surface area (Å²) in [6, 6.07) is 4.19. The van der Waals surface area contributed by atoms with E-state index in [1.54, 1.807) is 0 Å². The summed E-state index contributed by atoms with van der Waals surface area (Å²) in [7, 11) is 0. The SMILES string of the molecule is ON=C(Cl)c1cc(Br)ccc1F. The summed E-state index contributed by atoms with van der Waals surface area (Å²) in [4.78, 5) is 0. The summed E-state index contributed by atoms with van der Waals surface area (Å²) in [5.74, 6) is -0.527. The maximum Gasteiger partial charge on any atom is 0.178 e. The minimum Gasteiger partial charge on any atom is -0.410 e. The van der Waals surface area contributed by atoms with Crippen LogP contribution >= 0.6 is 27.5 Å². The number of halogens is 3. The van der Waals surface area contributed by atoms with Gasteiger partial charge in [0.2, 0.25) is 0 Å². The van der Waals surface area contributed by atoms with E-state index in [0.717, 1.165) is 0 Å². The molecule has 0 spiro atoms. The Hall–Kier alpha value is -0.610. The fourth-order valence-electron chi connectivity index (χ4n) is 0.709. The van der Waals surface area contributed by atoms with E-state index in [1.807, 2.05) is 0 Å². The van der Waals surface area contributed by atoms with E-state index in [0.29, 0.717) is 4.47 Å². The molecule has 0 saturated carbocycles. The molecule has 0 aliphatic rings. The van der Waals surface area contributed by atoms with Crippen molar-refractivity contribution < 1.29 is 9.60 Å². The van der Waals surface area contributed by atoms with E-state index in [1.165, 1.54) is 18.2 Å². The third-order valence-corrected chi connectivity index (χ3v) is 2.01. The largest absolute Gasteiger partial charge is 0.410 e. The van der Waals surface area contributed by atoms with Crippen molar-refractivity contribution in [1.82, 2.24) is 0 Å². The van der Waals surface area contributed by atoms with Crippen LogP contribution in [0.5, 0.6) is 0 Å². The Bertz CT molecular complexity index is 329. The maximum atomic E-state index is 12.9. The number of hydrogen-bond acceptors (Lipinski definition) is 2. The lowest BCUT2D eigenvalue weighted by Crippen LogP contribution is -1.95. The number of rotatable bonds is 1. The zero-order valence-corrected chi connectivity index (χ0v) is 8.10. The van der Waals surface area contributed by atoms with Crippen molar-refractivity contribution in [3.8, 4) is 0 Å². The molecule has 1 aromatic rings. The van der Waals surface area contributed by atoms with E-state index in [9.17, 15) is 4.39 Å². The minimum absolute atomic E-state index is 0.0635. The van der Waals surface area contributed by atoms with E-state index in [2.05, 4.69) is 21.1 Å². The molecule has 0 aliphatic heterocycles. The molecule has 1 rings (SSSR count). The van der Waals surface area contributed by atoms with E-state index < -0.39 is 5.82 Å². The van der Waals surface area contributed by atoms with Gasteiger partial charge in [0.15, 0.2) is 5.17 Å². The fourth-order valence-corrected chi connectivity index (χ4v) is 1.22. The summed E-state index contributed by atoms with van der Waals surface area (Å²) >= 11 is 8.54. The normalized spacial score (nSPS) is 11.8. The zero-order valence-electron chi connectivity index (χ0n) is 5.76. The van der Waals surface area contributed by atoms with Gasteiger partial charge in [-0.05, 0) is 18.2 Å². The molecule has 0 amide bonds. The highest BCUT2D eigenvalue weighted by atomic mass is 79.9. The first kappa shape index (κ1) is 9.48. The minimum atomic E-state index is -0.527. The Morgan fingerprint density at radius 2 is 2.25 bits per heavy atom. The molecule has 64 valence electrons. The highest BCUT2D eigenvalue weighted by molar-refractivity contribution is 9.10. The topological polar surface area (TPSA) is 32.6 Å². The Labute approximate surface area is 81.8 Å². The molecule has 5 heteroatoms. The predicted molar refractivity (Wildman–Crippen MR) is 48.3 cm³/mol. The molecular formula is C7H4BrClFNO. The molecule has 0 unspecified atom stereocenters. The van der Waals surface area contributed by atoms with Crippen molar-refractivity contribution in [3.05, 3.63) is 34.1 Å². The second kappa shape index (κ2) is 3.87. The average Bonchev–Trinajstić information content (AvgIpc) is 2.08. The molecule has 0 atom stereocenters. The smallest absolute Gasteiger partial charge is 0.178 e. The molecule has 0 heterocycles. The van der Waals surface area contributed by atoms with Crippen LogP contribution in [0.1, 0.15) is 5.56 Å². The van der Waals surface area contributed by atoms with Crippen LogP contribution in [0, 0.1) is 5.82 Å². The van der Waals surface area contributed by atoms with Crippen LogP contribution in [0.2, 0.25) is 0 Å². The van der Waals surface area contributed by atoms with Gasteiger partial charge in [-0.25, -0.2) is 4.39 Å². The number of oxime groups is 1. The molecule has 0 radical (unpaired) electrons. The molecule has 12 heavy (non-hydrogen) atoms. The monoisotopic (exact) mass is 251 g/mol. The summed E-state index contributed by atoms with van der Waals surface area (Å²) in [5, 5.41) is 10.7. The van der Waals surface area contributed by atoms with E-state index in [4.69, 9.17) is 16.8 Å². The molecule has 0 saturated heterocycles. The van der Waals surface area contributed by atoms with Gasteiger partial charge >= 0.3 is 0 Å². The molecule has 0 fully saturated rings. The summed E-state index contributed by atoms with van der Waals surface area (Å²) < 4.78 is 13.6. The van der Waals surface area contributed by atoms with Gasteiger partial charge in [-0.3, -0.25) is 0 Å². The molecular weight excluding hydrogens is 248 g/mol. The number of benzene rings is 1. The van der Waals surface area contributed by atoms with Gasteiger partial charge in [-0.1, -0.05) is 32.7 Å². The Morgan fingerprint density at radius 3 is 2.83 bits per heavy atom. The Kier molecular flexibility index (Phi) is 3.05. The van der Waals surface area contributed by atoms with Gasteiger partial charge in [0.1, 0.15) is 5.82 Å². The maximum absolute atomic E-state index is 12.9. The molecule has 0 aromatic heterocycles. The van der Waals surface area contributed by atoms with Crippen molar-refractivity contribution in [2.24, 2.45) is 5.16 Å². The molecule has 0 bridgehead atoms. The highest BCUT2D eigenvalue weighted by Gasteiger charge is 2.07. The lowest BCUT2D eigenvalue weighted by atomic mass is 10.2. The van der Waals surface area contributed by atoms with Crippen molar-refractivity contribution in [3.63, 3.8) is 0 Å². The second-order valence-corrected chi connectivity index (χ2v) is 3.29. The molecule has 1 N–H and O–H groups in total. The Balaban J connectivity index is 3.23. The lowest BCUT2D eigenvalue weighted by Gasteiger charge is -1.98. The third kappa shape index (κ3) is 1.95. The summed E-state index contributed by atoms with van der Waals surface area (Å²) in [6.07, 6.45) is 0. The van der Waals surface area contributed by atoms with Crippen molar-refractivity contribution >= 4 is 32.7 Å². The van der Waals surface area contributed by atoms with Crippen LogP contribution < -0.4 is 0 Å². The first-order valence-corrected chi connectivity index (χ1v) is 4.15. The van der Waals surface area contributed by atoms with Crippen LogP contribution in [-0.2, 0) is 0 Å². The molecule has 1 aromatic carbocycles. The van der Waals surface area contributed by atoms with Crippen molar-refractivity contribution in [2.75, 3.05) is 0 Å². The van der Waals surface area contributed by atoms with Crippen LogP contribution in [0.3, 0.4) is 0 Å². The average molecular weight is 252 g/mol. The van der Waals surface area contributed by atoms with Crippen molar-refractivity contribution in [1.29, 1.82) is 0 Å². The van der Waals surface area contributed by atoms with Gasteiger partial charge in [0.25, 0.3) is 0 Å². The first-order valence-electron chi connectivity index (χ1n) is 2.98. The van der Waals surface area contributed by atoms with Gasteiger partial charge < -0.3 is 5.21 Å². The van der Waals surface area contributed by atoms with Gasteiger partial charge in [0, 0.05) is 4.47 Å². The second-order valence-electron chi connectivity index (χ2n) is 2.01. The van der Waals surface area contributed by atoms with Gasteiger partial charge in [-0.15, -0.1) is 0 Å². The van der Waals surface area contributed by atoms with E-state index >= 15 is 0 Å². The fraction of sp³-hybridized carbons (Fsp3) is 0. The van der Waals surface area contributed by atoms with Crippen molar-refractivity contribution in [2.45, 2.75) is 0 Å². The molecule has 2 nitrogen and oxygen atoms in total. The Morgan fingerprint density at radius 1 is 1.58 bits per heavy atom. The summed E-state index contributed by atoms with van der Waals surface area (Å²) in [6.45, 7) is 0. The van der Waals surface area contributed by atoms with Gasteiger partial charge in [0.05, 0.1) is 5.56 Å². The van der Waals surface area contributed by atoms with Crippen LogP contribution in [0.4, 0.5) is 4.39 Å². The van der Waals surface area contributed by atoms with Crippen LogP contribution in [0.25, 0.3) is 0 Å². The number of hydrogen-bond donors (Lipinski definition) is 1. The predicted octanol–water partition coefficient (Wildman–Crippen LogP) is 2.96.